The molecule has 0 aromatic heterocycles. The Bertz CT molecular complexity index is 638. The first-order chi connectivity index (χ1) is 10.9. The van der Waals surface area contributed by atoms with Crippen molar-refractivity contribution in [2.24, 2.45) is 0 Å². The van der Waals surface area contributed by atoms with Crippen LogP contribution in [0, 0.1) is 0 Å². The van der Waals surface area contributed by atoms with Crippen molar-refractivity contribution in [1.82, 2.24) is 5.32 Å². The van der Waals surface area contributed by atoms with Gasteiger partial charge in [-0.2, -0.15) is 0 Å². The number of rotatable bonds is 7. The highest BCUT2D eigenvalue weighted by atomic mass is 35.5. The van der Waals surface area contributed by atoms with Crippen molar-refractivity contribution in [1.29, 1.82) is 0 Å². The van der Waals surface area contributed by atoms with Gasteiger partial charge in [-0.25, -0.2) is 0 Å². The maximum absolute atomic E-state index is 5.94. The van der Waals surface area contributed by atoms with E-state index in [-0.39, 0.29) is 5.54 Å². The van der Waals surface area contributed by atoms with Gasteiger partial charge >= 0.3 is 0 Å². The molecule has 0 heterocycles. The smallest absolute Gasteiger partial charge is 0.161 e. The molecule has 0 fully saturated rings. The molecule has 0 saturated heterocycles. The van der Waals surface area contributed by atoms with E-state index in [1.807, 2.05) is 30.3 Å². The van der Waals surface area contributed by atoms with Gasteiger partial charge < -0.3 is 14.8 Å². The third-order valence-corrected chi connectivity index (χ3v) is 4.03. The first-order valence-corrected chi connectivity index (χ1v) is 8.02. The van der Waals surface area contributed by atoms with Gasteiger partial charge in [-0.1, -0.05) is 29.8 Å². The third kappa shape index (κ3) is 5.15. The van der Waals surface area contributed by atoms with Crippen molar-refractivity contribution < 1.29 is 9.47 Å². The van der Waals surface area contributed by atoms with Crippen LogP contribution in [0.5, 0.6) is 11.5 Å². The van der Waals surface area contributed by atoms with E-state index in [1.54, 1.807) is 14.2 Å². The monoisotopic (exact) mass is 333 g/mol. The molecule has 1 N–H and O–H groups in total. The Kier molecular flexibility index (Phi) is 5.91. The van der Waals surface area contributed by atoms with Crippen LogP contribution < -0.4 is 14.8 Å². The van der Waals surface area contributed by atoms with Crippen molar-refractivity contribution in [2.45, 2.75) is 32.4 Å². The second-order valence-electron chi connectivity index (χ2n) is 6.23. The quantitative estimate of drug-likeness (QED) is 0.811. The van der Waals surface area contributed by atoms with Gasteiger partial charge in [-0.3, -0.25) is 0 Å². The predicted octanol–water partition coefficient (Wildman–Crippen LogP) is 4.47. The highest BCUT2D eigenvalue weighted by Gasteiger charge is 2.18. The molecule has 2 aromatic carbocycles. The fraction of sp³-hybridized carbons (Fsp3) is 0.368. The van der Waals surface area contributed by atoms with E-state index in [0.717, 1.165) is 35.1 Å². The second kappa shape index (κ2) is 7.71. The van der Waals surface area contributed by atoms with E-state index in [4.69, 9.17) is 21.1 Å². The summed E-state index contributed by atoms with van der Waals surface area (Å²) in [7, 11) is 3.30. The molecule has 0 bridgehead atoms. The summed E-state index contributed by atoms with van der Waals surface area (Å²) >= 11 is 5.94. The molecule has 0 saturated carbocycles. The van der Waals surface area contributed by atoms with Crippen molar-refractivity contribution in [2.75, 3.05) is 14.2 Å². The Hall–Kier alpha value is -1.71. The Morgan fingerprint density at radius 1 is 0.913 bits per heavy atom. The summed E-state index contributed by atoms with van der Waals surface area (Å²) in [6.07, 6.45) is 0.928. The summed E-state index contributed by atoms with van der Waals surface area (Å²) in [4.78, 5) is 0. The third-order valence-electron chi connectivity index (χ3n) is 3.78. The number of hydrogen-bond acceptors (Lipinski definition) is 3. The minimum absolute atomic E-state index is 0.0268. The highest BCUT2D eigenvalue weighted by molar-refractivity contribution is 6.30. The maximum Gasteiger partial charge on any atom is 0.161 e. The van der Waals surface area contributed by atoms with Crippen molar-refractivity contribution in [3.8, 4) is 11.5 Å². The summed E-state index contributed by atoms with van der Waals surface area (Å²) in [5.41, 5.74) is 2.40. The van der Waals surface area contributed by atoms with E-state index in [2.05, 4.69) is 31.3 Å². The molecule has 0 unspecified atom stereocenters. The summed E-state index contributed by atoms with van der Waals surface area (Å²) in [5, 5.41) is 4.37. The zero-order valence-electron chi connectivity index (χ0n) is 14.2. The second-order valence-corrected chi connectivity index (χ2v) is 6.67. The summed E-state index contributed by atoms with van der Waals surface area (Å²) < 4.78 is 10.6. The van der Waals surface area contributed by atoms with Crippen molar-refractivity contribution >= 4 is 11.6 Å². The SMILES string of the molecule is COc1ccc(CNC(C)(C)Cc2ccc(Cl)cc2)cc1OC. The molecule has 23 heavy (non-hydrogen) atoms. The average Bonchev–Trinajstić information content (AvgIpc) is 2.54. The molecule has 3 nitrogen and oxygen atoms in total. The number of methoxy groups -OCH3 is 2. The number of nitrogens with one attached hydrogen (secondary N) is 1. The molecule has 0 radical (unpaired) electrons. The first kappa shape index (κ1) is 17.6. The van der Waals surface area contributed by atoms with Crippen LogP contribution in [0.4, 0.5) is 0 Å². The van der Waals surface area contributed by atoms with Crippen molar-refractivity contribution in [3.05, 3.63) is 58.6 Å². The van der Waals surface area contributed by atoms with Crippen molar-refractivity contribution in [3.63, 3.8) is 0 Å². The van der Waals surface area contributed by atoms with E-state index >= 15 is 0 Å². The minimum Gasteiger partial charge on any atom is -0.493 e. The number of hydrogen-bond donors (Lipinski definition) is 1. The van der Waals surface area contributed by atoms with E-state index in [1.165, 1.54) is 5.56 Å². The Morgan fingerprint density at radius 3 is 2.13 bits per heavy atom. The molecule has 0 aliphatic carbocycles. The first-order valence-electron chi connectivity index (χ1n) is 7.64. The zero-order valence-corrected chi connectivity index (χ0v) is 14.9. The molecule has 0 atom stereocenters. The van der Waals surface area contributed by atoms with Crippen LogP contribution in [0.15, 0.2) is 42.5 Å². The lowest BCUT2D eigenvalue weighted by Gasteiger charge is -2.27. The Balaban J connectivity index is 1.99. The van der Waals surface area contributed by atoms with Crippen LogP contribution in [-0.4, -0.2) is 19.8 Å². The number of benzene rings is 2. The van der Waals surface area contributed by atoms with Gasteiger partial charge in [0.15, 0.2) is 11.5 Å². The van der Waals surface area contributed by atoms with E-state index < -0.39 is 0 Å². The molecule has 2 aromatic rings. The molecule has 4 heteroatoms. The van der Waals surface area contributed by atoms with E-state index in [9.17, 15) is 0 Å². The number of ether oxygens (including phenoxy) is 2. The van der Waals surface area contributed by atoms with Gasteiger partial charge in [0.1, 0.15) is 0 Å². The summed E-state index contributed by atoms with van der Waals surface area (Å²) in [5.74, 6) is 1.50. The lowest BCUT2D eigenvalue weighted by Crippen LogP contribution is -2.40. The zero-order chi connectivity index (χ0) is 16.9. The minimum atomic E-state index is -0.0268. The van der Waals surface area contributed by atoms with E-state index in [0.29, 0.717) is 0 Å². The standard InChI is InChI=1S/C19H24ClNO2/c1-19(2,12-14-5-8-16(20)9-6-14)21-13-15-7-10-17(22-3)18(11-15)23-4/h5-11,21H,12-13H2,1-4H3. The largest absolute Gasteiger partial charge is 0.493 e. The topological polar surface area (TPSA) is 30.5 Å². The maximum atomic E-state index is 5.94. The van der Waals surface area contributed by atoms with Gasteiger partial charge in [0.25, 0.3) is 0 Å². The Labute approximate surface area is 143 Å². The number of halogens is 1. The average molecular weight is 334 g/mol. The predicted molar refractivity (Wildman–Crippen MR) is 95.6 cm³/mol. The molecular formula is C19H24ClNO2. The summed E-state index contributed by atoms with van der Waals surface area (Å²) in [6.45, 7) is 5.16. The lowest BCUT2D eigenvalue weighted by atomic mass is 9.94. The molecule has 0 aliphatic heterocycles. The van der Waals surface area contributed by atoms with Crippen LogP contribution in [0.25, 0.3) is 0 Å². The molecule has 0 spiro atoms. The van der Waals surface area contributed by atoms with Crippen LogP contribution in [-0.2, 0) is 13.0 Å². The lowest BCUT2D eigenvalue weighted by molar-refractivity contribution is 0.353. The van der Waals surface area contributed by atoms with Crippen LogP contribution in [0.1, 0.15) is 25.0 Å². The summed E-state index contributed by atoms with van der Waals surface area (Å²) in [6, 6.07) is 14.0. The fourth-order valence-electron chi connectivity index (χ4n) is 2.51. The van der Waals surface area contributed by atoms with Crippen LogP contribution in [0.2, 0.25) is 5.02 Å². The van der Waals surface area contributed by atoms with Gasteiger partial charge in [-0.15, -0.1) is 0 Å². The highest BCUT2D eigenvalue weighted by Crippen LogP contribution is 2.27. The molecule has 0 amide bonds. The van der Waals surface area contributed by atoms with Gasteiger partial charge in [0.05, 0.1) is 14.2 Å². The van der Waals surface area contributed by atoms with Gasteiger partial charge in [-0.05, 0) is 55.7 Å². The van der Waals surface area contributed by atoms with Gasteiger partial charge in [0.2, 0.25) is 0 Å². The molecular weight excluding hydrogens is 310 g/mol. The van der Waals surface area contributed by atoms with Crippen LogP contribution in [0.3, 0.4) is 0 Å². The normalized spacial score (nSPS) is 11.3. The fourth-order valence-corrected chi connectivity index (χ4v) is 2.63. The molecule has 124 valence electrons. The Morgan fingerprint density at radius 2 is 1.52 bits per heavy atom. The molecule has 0 aliphatic rings. The molecule has 2 rings (SSSR count). The van der Waals surface area contributed by atoms with Crippen LogP contribution >= 0.6 is 11.6 Å². The van der Waals surface area contributed by atoms with Gasteiger partial charge in [0, 0.05) is 17.1 Å².